The first-order valence-corrected chi connectivity index (χ1v) is 7.89. The molecule has 0 aliphatic carbocycles. The van der Waals surface area contributed by atoms with Gasteiger partial charge in [-0.05, 0) is 33.6 Å². The lowest BCUT2D eigenvalue weighted by molar-refractivity contribution is 0.0185. The van der Waals surface area contributed by atoms with Gasteiger partial charge in [0.15, 0.2) is 10.8 Å². The quantitative estimate of drug-likeness (QED) is 0.772. The molecule has 2 heterocycles. The van der Waals surface area contributed by atoms with Crippen LogP contribution in [0.2, 0.25) is 5.15 Å². The third-order valence-electron chi connectivity index (χ3n) is 3.64. The van der Waals surface area contributed by atoms with E-state index in [1.807, 2.05) is 20.8 Å². The number of halogens is 1. The number of methoxy groups -OCH3 is 1. The average Bonchev–Trinajstić information content (AvgIpc) is 2.86. The van der Waals surface area contributed by atoms with E-state index in [0.29, 0.717) is 25.9 Å². The first-order chi connectivity index (χ1) is 10.7. The number of ether oxygens (including phenoxy) is 2. The molecule has 1 aliphatic heterocycles. The monoisotopic (exact) mass is 343 g/mol. The van der Waals surface area contributed by atoms with E-state index >= 15 is 0 Å². The molecule has 1 aromatic heterocycles. The predicted octanol–water partition coefficient (Wildman–Crippen LogP) is 2.90. The van der Waals surface area contributed by atoms with Crippen molar-refractivity contribution < 1.29 is 19.1 Å². The molecular weight excluding hydrogens is 322 g/mol. The smallest absolute Gasteiger partial charge is 0.410 e. The molecule has 128 valence electrons. The summed E-state index contributed by atoms with van der Waals surface area (Å²) in [6.45, 7) is 6.63. The Bertz CT molecular complexity index is 586. The van der Waals surface area contributed by atoms with Gasteiger partial charge in [0, 0.05) is 19.1 Å². The summed E-state index contributed by atoms with van der Waals surface area (Å²) in [6.07, 6.45) is 2.61. The normalized spacial score (nSPS) is 16.3. The maximum atomic E-state index is 12.1. The fourth-order valence-corrected chi connectivity index (χ4v) is 2.77. The molecule has 0 unspecified atom stereocenters. The largest absolute Gasteiger partial charge is 0.464 e. The predicted molar refractivity (Wildman–Crippen MR) is 84.7 cm³/mol. The van der Waals surface area contributed by atoms with Crippen LogP contribution in [-0.4, -0.2) is 52.3 Å². The SMILES string of the molecule is COC(=O)c1c(Cl)ncn1C1CCN(C(=O)OC(C)(C)C)CC1. The van der Waals surface area contributed by atoms with Gasteiger partial charge in [-0.25, -0.2) is 14.6 Å². The van der Waals surface area contributed by atoms with Gasteiger partial charge in [0.1, 0.15) is 5.60 Å². The van der Waals surface area contributed by atoms with E-state index in [2.05, 4.69) is 4.98 Å². The van der Waals surface area contributed by atoms with Crippen molar-refractivity contribution in [2.75, 3.05) is 20.2 Å². The van der Waals surface area contributed by atoms with Gasteiger partial charge >= 0.3 is 12.1 Å². The highest BCUT2D eigenvalue weighted by Gasteiger charge is 2.30. The molecule has 0 N–H and O–H groups in total. The molecule has 2 rings (SSSR count). The minimum Gasteiger partial charge on any atom is -0.464 e. The molecule has 0 radical (unpaired) electrons. The minimum absolute atomic E-state index is 0.0442. The zero-order valence-electron chi connectivity index (χ0n) is 13.8. The third-order valence-corrected chi connectivity index (χ3v) is 3.91. The van der Waals surface area contributed by atoms with Crippen LogP contribution in [0.5, 0.6) is 0 Å². The van der Waals surface area contributed by atoms with Crippen molar-refractivity contribution in [1.29, 1.82) is 0 Å². The van der Waals surface area contributed by atoms with Gasteiger partial charge in [-0.3, -0.25) is 0 Å². The Hall–Kier alpha value is -1.76. The van der Waals surface area contributed by atoms with Gasteiger partial charge in [-0.1, -0.05) is 11.6 Å². The Labute approximate surface area is 140 Å². The van der Waals surface area contributed by atoms with Gasteiger partial charge in [-0.2, -0.15) is 0 Å². The number of piperidine rings is 1. The van der Waals surface area contributed by atoms with Crippen LogP contribution in [0.3, 0.4) is 0 Å². The summed E-state index contributed by atoms with van der Waals surface area (Å²) in [4.78, 5) is 29.6. The van der Waals surface area contributed by atoms with Crippen molar-refractivity contribution in [2.45, 2.75) is 45.3 Å². The molecule has 23 heavy (non-hydrogen) atoms. The number of nitrogens with zero attached hydrogens (tertiary/aromatic N) is 3. The Morgan fingerprint density at radius 3 is 2.43 bits per heavy atom. The van der Waals surface area contributed by atoms with E-state index in [9.17, 15) is 9.59 Å². The number of carbonyl (C=O) groups excluding carboxylic acids is 2. The lowest BCUT2D eigenvalue weighted by Crippen LogP contribution is -2.42. The molecule has 1 fully saturated rings. The van der Waals surface area contributed by atoms with Gasteiger partial charge in [-0.15, -0.1) is 0 Å². The Morgan fingerprint density at radius 1 is 1.30 bits per heavy atom. The fraction of sp³-hybridized carbons (Fsp3) is 0.667. The van der Waals surface area contributed by atoms with Crippen molar-refractivity contribution in [3.8, 4) is 0 Å². The Morgan fingerprint density at radius 2 is 1.91 bits per heavy atom. The summed E-state index contributed by atoms with van der Waals surface area (Å²) >= 11 is 5.97. The second-order valence-corrected chi connectivity index (χ2v) is 6.84. The Kier molecular flexibility index (Phi) is 5.19. The van der Waals surface area contributed by atoms with Gasteiger partial charge < -0.3 is 18.9 Å². The number of amides is 1. The van der Waals surface area contributed by atoms with E-state index in [-0.39, 0.29) is 23.0 Å². The molecule has 1 amide bonds. The highest BCUT2D eigenvalue weighted by molar-refractivity contribution is 6.32. The molecular formula is C15H22ClN3O4. The minimum atomic E-state index is -0.512. The van der Waals surface area contributed by atoms with Crippen molar-refractivity contribution in [3.05, 3.63) is 17.2 Å². The number of aromatic nitrogens is 2. The lowest BCUT2D eigenvalue weighted by Gasteiger charge is -2.34. The van der Waals surface area contributed by atoms with Crippen molar-refractivity contribution in [1.82, 2.24) is 14.5 Å². The van der Waals surface area contributed by atoms with E-state index in [0.717, 1.165) is 0 Å². The maximum absolute atomic E-state index is 12.1. The summed E-state index contributed by atoms with van der Waals surface area (Å²) in [5.41, 5.74) is -0.256. The van der Waals surface area contributed by atoms with Crippen LogP contribution in [-0.2, 0) is 9.47 Å². The highest BCUT2D eigenvalue weighted by Crippen LogP contribution is 2.28. The molecule has 1 saturated heterocycles. The van der Waals surface area contributed by atoms with E-state index in [4.69, 9.17) is 21.1 Å². The molecule has 1 aliphatic rings. The number of rotatable bonds is 2. The topological polar surface area (TPSA) is 73.7 Å². The summed E-state index contributed by atoms with van der Waals surface area (Å²) in [7, 11) is 1.31. The van der Waals surface area contributed by atoms with Crippen LogP contribution < -0.4 is 0 Å². The lowest BCUT2D eigenvalue weighted by atomic mass is 10.0. The van der Waals surface area contributed by atoms with Gasteiger partial charge in [0.25, 0.3) is 0 Å². The molecule has 0 atom stereocenters. The van der Waals surface area contributed by atoms with E-state index < -0.39 is 11.6 Å². The van der Waals surface area contributed by atoms with Gasteiger partial charge in [0.2, 0.25) is 0 Å². The van der Waals surface area contributed by atoms with Crippen LogP contribution in [0.25, 0.3) is 0 Å². The van der Waals surface area contributed by atoms with E-state index in [1.165, 1.54) is 7.11 Å². The third kappa shape index (κ3) is 4.16. The number of imidazole rings is 1. The summed E-state index contributed by atoms with van der Waals surface area (Å²) in [6, 6.07) is 0.0442. The molecule has 0 bridgehead atoms. The molecule has 0 saturated carbocycles. The van der Waals surface area contributed by atoms with Crippen LogP contribution in [0.4, 0.5) is 4.79 Å². The van der Waals surface area contributed by atoms with Crippen molar-refractivity contribution >= 4 is 23.7 Å². The van der Waals surface area contributed by atoms with Crippen LogP contribution in [0.1, 0.15) is 50.1 Å². The van der Waals surface area contributed by atoms with Crippen LogP contribution in [0, 0.1) is 0 Å². The van der Waals surface area contributed by atoms with Crippen molar-refractivity contribution in [3.63, 3.8) is 0 Å². The molecule has 0 aromatic carbocycles. The molecule has 8 heteroatoms. The number of hydrogen-bond donors (Lipinski definition) is 0. The molecule has 1 aromatic rings. The molecule has 7 nitrogen and oxygen atoms in total. The highest BCUT2D eigenvalue weighted by atomic mass is 35.5. The summed E-state index contributed by atoms with van der Waals surface area (Å²) < 4.78 is 11.9. The fourth-order valence-electron chi connectivity index (χ4n) is 2.55. The summed E-state index contributed by atoms with van der Waals surface area (Å²) in [5, 5.41) is 0.131. The van der Waals surface area contributed by atoms with Crippen molar-refractivity contribution in [2.24, 2.45) is 0 Å². The van der Waals surface area contributed by atoms with Crippen LogP contribution >= 0.6 is 11.6 Å². The second kappa shape index (κ2) is 6.78. The number of likely N-dealkylation sites (tertiary alicyclic amines) is 1. The average molecular weight is 344 g/mol. The van der Waals surface area contributed by atoms with Crippen LogP contribution in [0.15, 0.2) is 6.33 Å². The number of esters is 1. The zero-order valence-corrected chi connectivity index (χ0v) is 14.6. The number of hydrogen-bond acceptors (Lipinski definition) is 5. The maximum Gasteiger partial charge on any atom is 0.410 e. The van der Waals surface area contributed by atoms with E-state index in [1.54, 1.807) is 15.8 Å². The zero-order chi connectivity index (χ0) is 17.2. The number of carbonyl (C=O) groups is 2. The molecule has 0 spiro atoms. The summed E-state index contributed by atoms with van der Waals surface area (Å²) in [5.74, 6) is -0.512. The standard InChI is InChI=1S/C15H22ClN3O4/c1-15(2,3)23-14(21)18-7-5-10(6-8-18)19-9-17-12(16)11(19)13(20)22-4/h9-10H,5-8H2,1-4H3. The van der Waals surface area contributed by atoms with Gasteiger partial charge in [0.05, 0.1) is 13.4 Å². The Balaban J connectivity index is 2.03. The first-order valence-electron chi connectivity index (χ1n) is 7.51. The second-order valence-electron chi connectivity index (χ2n) is 6.48. The first kappa shape index (κ1) is 17.6.